The van der Waals surface area contributed by atoms with E-state index in [0.29, 0.717) is 0 Å². The van der Waals surface area contributed by atoms with Gasteiger partial charge in [-0.2, -0.15) is 0 Å². The molecule has 46 valence electrons. The first kappa shape index (κ1) is 7.01. The summed E-state index contributed by atoms with van der Waals surface area (Å²) in [6.45, 7) is 0. The highest BCUT2D eigenvalue weighted by molar-refractivity contribution is 5.53. The highest BCUT2D eigenvalue weighted by Crippen LogP contribution is 2.01. The van der Waals surface area contributed by atoms with Gasteiger partial charge in [-0.25, -0.2) is 4.79 Å². The van der Waals surface area contributed by atoms with E-state index in [1.165, 1.54) is 12.8 Å². The van der Waals surface area contributed by atoms with Gasteiger partial charge in [-0.1, -0.05) is 12.2 Å². The maximum Gasteiger partial charge on any atom is 0.503 e. The fraction of sp³-hybridized carbons (Fsp3) is 0.400. The Morgan fingerprint density at radius 1 is 1.25 bits per heavy atom. The second-order valence-corrected chi connectivity index (χ2v) is 1.33. The zero-order chi connectivity index (χ0) is 6.41. The van der Waals surface area contributed by atoms with Crippen molar-refractivity contribution in [1.82, 2.24) is 0 Å². The van der Waals surface area contributed by atoms with E-state index in [4.69, 9.17) is 15.0 Å². The van der Waals surface area contributed by atoms with E-state index in [1.54, 1.807) is 0 Å². The molecule has 2 N–H and O–H groups in total. The van der Waals surface area contributed by atoms with Gasteiger partial charge in [0.2, 0.25) is 0 Å². The molecule has 0 fully saturated rings. The maximum atomic E-state index is 8.56. The van der Waals surface area contributed by atoms with Crippen molar-refractivity contribution in [3.05, 3.63) is 12.2 Å². The summed E-state index contributed by atoms with van der Waals surface area (Å²) in [6, 6.07) is 0. The van der Waals surface area contributed by atoms with E-state index >= 15 is 0 Å². The molecular formula is C5H8O3. The Bertz CT molecular complexity index is 85.8. The number of allylic oxidation sites excluding steroid dienone is 2. The van der Waals surface area contributed by atoms with E-state index in [9.17, 15) is 0 Å². The molecular weight excluding hydrogens is 108 g/mol. The monoisotopic (exact) mass is 116 g/mol. The highest BCUT2D eigenvalue weighted by atomic mass is 16.6. The van der Waals surface area contributed by atoms with E-state index in [2.05, 4.69) is 12.2 Å². The molecule has 0 aromatic heterocycles. The molecule has 0 atom stereocenters. The number of carboxylic acid groups (broad SMARTS) is 2. The van der Waals surface area contributed by atoms with Crippen molar-refractivity contribution in [1.29, 1.82) is 0 Å². The first-order valence-corrected chi connectivity index (χ1v) is 2.30. The number of rotatable bonds is 0. The third kappa shape index (κ3) is 8.89. The number of hydrogen-bond acceptors (Lipinski definition) is 1. The van der Waals surface area contributed by atoms with Gasteiger partial charge in [-0.15, -0.1) is 0 Å². The molecule has 8 heavy (non-hydrogen) atoms. The summed E-state index contributed by atoms with van der Waals surface area (Å²) in [5.74, 6) is 0. The second kappa shape index (κ2) is 4.18. The van der Waals surface area contributed by atoms with Gasteiger partial charge in [0.25, 0.3) is 0 Å². The zero-order valence-corrected chi connectivity index (χ0v) is 4.37. The minimum atomic E-state index is -1.83. The van der Waals surface area contributed by atoms with Gasteiger partial charge < -0.3 is 10.2 Å². The SMILES string of the molecule is C1=CCC1.O=C(O)O. The minimum Gasteiger partial charge on any atom is -0.450 e. The zero-order valence-electron chi connectivity index (χ0n) is 4.37. The van der Waals surface area contributed by atoms with Crippen molar-refractivity contribution < 1.29 is 15.0 Å². The van der Waals surface area contributed by atoms with Gasteiger partial charge >= 0.3 is 6.16 Å². The van der Waals surface area contributed by atoms with Crippen molar-refractivity contribution in [3.8, 4) is 0 Å². The lowest BCUT2D eigenvalue weighted by Crippen LogP contribution is -1.81. The maximum absolute atomic E-state index is 8.56. The van der Waals surface area contributed by atoms with Crippen LogP contribution in [0.25, 0.3) is 0 Å². The highest BCUT2D eigenvalue weighted by Gasteiger charge is 1.81. The van der Waals surface area contributed by atoms with Crippen LogP contribution in [0.15, 0.2) is 12.2 Å². The van der Waals surface area contributed by atoms with Gasteiger partial charge in [0.05, 0.1) is 0 Å². The van der Waals surface area contributed by atoms with Crippen LogP contribution in [-0.4, -0.2) is 16.4 Å². The average molecular weight is 116 g/mol. The van der Waals surface area contributed by atoms with Crippen LogP contribution in [0, 0.1) is 0 Å². The summed E-state index contributed by atoms with van der Waals surface area (Å²) in [6.07, 6.45) is 5.17. The molecule has 0 saturated heterocycles. The molecule has 0 bridgehead atoms. The van der Waals surface area contributed by atoms with Gasteiger partial charge in [0, 0.05) is 0 Å². The van der Waals surface area contributed by atoms with Gasteiger partial charge in [-0.3, -0.25) is 0 Å². The molecule has 3 nitrogen and oxygen atoms in total. The van der Waals surface area contributed by atoms with Gasteiger partial charge in [-0.05, 0) is 12.8 Å². The Morgan fingerprint density at radius 2 is 1.38 bits per heavy atom. The van der Waals surface area contributed by atoms with Crippen LogP contribution < -0.4 is 0 Å². The Kier molecular flexibility index (Phi) is 3.66. The first-order chi connectivity index (χ1) is 3.73. The van der Waals surface area contributed by atoms with Crippen LogP contribution in [-0.2, 0) is 0 Å². The van der Waals surface area contributed by atoms with E-state index in [0.717, 1.165) is 0 Å². The smallest absolute Gasteiger partial charge is 0.450 e. The fourth-order valence-corrected chi connectivity index (χ4v) is 0.167. The molecule has 0 radical (unpaired) electrons. The number of carbonyl (C=O) groups is 1. The molecule has 0 amide bonds. The van der Waals surface area contributed by atoms with E-state index in [-0.39, 0.29) is 0 Å². The van der Waals surface area contributed by atoms with Crippen LogP contribution >= 0.6 is 0 Å². The lowest BCUT2D eigenvalue weighted by atomic mass is 10.1. The van der Waals surface area contributed by atoms with Crippen LogP contribution in [0.3, 0.4) is 0 Å². The molecule has 0 saturated carbocycles. The molecule has 0 aromatic rings. The van der Waals surface area contributed by atoms with Crippen molar-refractivity contribution in [3.63, 3.8) is 0 Å². The van der Waals surface area contributed by atoms with E-state index in [1.807, 2.05) is 0 Å². The topological polar surface area (TPSA) is 57.5 Å². The predicted octanol–water partition coefficient (Wildman–Crippen LogP) is 1.56. The summed E-state index contributed by atoms with van der Waals surface area (Å²) in [5, 5.41) is 13.9. The Labute approximate surface area is 47.3 Å². The fourth-order valence-electron chi connectivity index (χ4n) is 0.167. The van der Waals surface area contributed by atoms with Crippen molar-refractivity contribution >= 4 is 6.16 Å². The van der Waals surface area contributed by atoms with Crippen LogP contribution in [0.2, 0.25) is 0 Å². The largest absolute Gasteiger partial charge is 0.503 e. The molecule has 1 aliphatic carbocycles. The molecule has 3 heteroatoms. The number of hydrogen-bond donors (Lipinski definition) is 2. The normalized spacial score (nSPS) is 13.0. The average Bonchev–Trinajstić information content (AvgIpc) is 1.19. The van der Waals surface area contributed by atoms with Crippen LogP contribution in [0.5, 0.6) is 0 Å². The lowest BCUT2D eigenvalue weighted by molar-refractivity contribution is 0.137. The molecule has 1 rings (SSSR count). The van der Waals surface area contributed by atoms with E-state index < -0.39 is 6.16 Å². The van der Waals surface area contributed by atoms with Gasteiger partial charge in [0.1, 0.15) is 0 Å². The summed E-state index contributed by atoms with van der Waals surface area (Å²) < 4.78 is 0. The van der Waals surface area contributed by atoms with Crippen molar-refractivity contribution in [2.45, 2.75) is 12.8 Å². The van der Waals surface area contributed by atoms with Gasteiger partial charge in [0.15, 0.2) is 0 Å². The molecule has 0 unspecified atom stereocenters. The Morgan fingerprint density at radius 3 is 1.38 bits per heavy atom. The Hall–Kier alpha value is -0.990. The molecule has 0 aliphatic heterocycles. The standard InChI is InChI=1S/C4H6.CH2O3/c1-2-4-3-1;2-1(3)4/h1-2H,3-4H2;(H2,2,3,4). The predicted molar refractivity (Wildman–Crippen MR) is 29.0 cm³/mol. The summed E-state index contributed by atoms with van der Waals surface area (Å²) in [5.41, 5.74) is 0. The van der Waals surface area contributed by atoms with Crippen LogP contribution in [0.4, 0.5) is 4.79 Å². The molecule has 0 aromatic carbocycles. The summed E-state index contributed by atoms with van der Waals surface area (Å²) in [7, 11) is 0. The first-order valence-electron chi connectivity index (χ1n) is 2.30. The third-order valence-corrected chi connectivity index (χ3v) is 0.667. The summed E-state index contributed by atoms with van der Waals surface area (Å²) in [4.78, 5) is 8.56. The molecule has 0 spiro atoms. The van der Waals surface area contributed by atoms with Crippen LogP contribution in [0.1, 0.15) is 12.8 Å². The Balaban J connectivity index is 0.000000122. The quantitative estimate of drug-likeness (QED) is 0.472. The molecule has 1 aliphatic rings. The van der Waals surface area contributed by atoms with Crippen molar-refractivity contribution in [2.24, 2.45) is 0 Å². The van der Waals surface area contributed by atoms with Crippen molar-refractivity contribution in [2.75, 3.05) is 0 Å². The lowest BCUT2D eigenvalue weighted by Gasteiger charge is -1.92. The third-order valence-electron chi connectivity index (χ3n) is 0.667. The second-order valence-electron chi connectivity index (χ2n) is 1.33. The molecule has 0 heterocycles. The summed E-state index contributed by atoms with van der Waals surface area (Å²) >= 11 is 0. The minimum absolute atomic E-state index is 1.32.